The average Bonchev–Trinajstić information content (AvgIpc) is 3.11. The number of fused-ring (bicyclic) bond motifs is 1. The van der Waals surface area contributed by atoms with E-state index in [1.807, 2.05) is 0 Å². The van der Waals surface area contributed by atoms with Crippen LogP contribution in [-0.2, 0) is 16.1 Å². The lowest BCUT2D eigenvalue weighted by Gasteiger charge is -2.18. The van der Waals surface area contributed by atoms with E-state index in [0.29, 0.717) is 40.3 Å². The molecule has 0 spiro atoms. The summed E-state index contributed by atoms with van der Waals surface area (Å²) in [7, 11) is 0. The molecule has 0 radical (unpaired) electrons. The lowest BCUT2D eigenvalue weighted by molar-refractivity contribution is -0.117. The second-order valence-electron chi connectivity index (χ2n) is 6.73. The summed E-state index contributed by atoms with van der Waals surface area (Å²) in [6.07, 6.45) is 1.28. The number of para-hydroxylation sites is 1. The summed E-state index contributed by atoms with van der Waals surface area (Å²) < 4.78 is 1.20. The van der Waals surface area contributed by atoms with Crippen LogP contribution in [-0.4, -0.2) is 27.9 Å². The number of hydrogen-bond acceptors (Lipinski definition) is 4. The Morgan fingerprint density at radius 3 is 2.66 bits per heavy atom. The number of anilines is 2. The largest absolute Gasteiger partial charge is 0.329 e. The molecule has 2 heterocycles. The van der Waals surface area contributed by atoms with Crippen molar-refractivity contribution in [2.24, 2.45) is 0 Å². The van der Waals surface area contributed by atoms with Crippen LogP contribution in [0.25, 0.3) is 10.9 Å². The minimum absolute atomic E-state index is 0.0213. The van der Waals surface area contributed by atoms with E-state index in [1.165, 1.54) is 4.57 Å². The molecule has 8 nitrogen and oxygen atoms in total. The highest BCUT2D eigenvalue weighted by Crippen LogP contribution is 2.31. The third kappa shape index (κ3) is 3.66. The van der Waals surface area contributed by atoms with Crippen molar-refractivity contribution in [3.05, 3.63) is 68.3 Å². The number of amides is 2. The SMILES string of the molecule is O=C(Cn1c(=O)[nH]c(=O)c2ccccc21)Nc1ccc(N2CCCC2=O)c(Cl)c1. The molecular formula is C20H17ClN4O4. The van der Waals surface area contributed by atoms with Crippen LogP contribution in [0.1, 0.15) is 12.8 Å². The number of carbonyl (C=O) groups excluding carboxylic acids is 2. The second-order valence-corrected chi connectivity index (χ2v) is 7.13. The standard InChI is InChI=1S/C20H17ClN4O4/c21-14-10-12(7-8-16(14)24-9-3-6-18(24)27)22-17(26)11-25-15-5-2-1-4-13(15)19(28)23-20(25)29/h1-2,4-5,7-8,10H,3,6,9,11H2,(H,22,26)(H,23,28,29). The lowest BCUT2D eigenvalue weighted by atomic mass is 10.2. The number of carbonyl (C=O) groups is 2. The first-order chi connectivity index (χ1) is 13.9. The summed E-state index contributed by atoms with van der Waals surface area (Å²) in [5, 5.41) is 3.36. The van der Waals surface area contributed by atoms with E-state index in [9.17, 15) is 19.2 Å². The minimum atomic E-state index is -0.662. The van der Waals surface area contributed by atoms with Crippen molar-refractivity contribution in [2.75, 3.05) is 16.8 Å². The molecule has 0 saturated carbocycles. The Balaban J connectivity index is 1.56. The molecule has 2 N–H and O–H groups in total. The van der Waals surface area contributed by atoms with Gasteiger partial charge in [-0.1, -0.05) is 23.7 Å². The highest BCUT2D eigenvalue weighted by Gasteiger charge is 2.23. The lowest BCUT2D eigenvalue weighted by Crippen LogP contribution is -2.34. The molecule has 4 rings (SSSR count). The van der Waals surface area contributed by atoms with Crippen LogP contribution in [0.2, 0.25) is 5.02 Å². The highest BCUT2D eigenvalue weighted by molar-refractivity contribution is 6.34. The van der Waals surface area contributed by atoms with Crippen LogP contribution < -0.4 is 21.5 Å². The fourth-order valence-electron chi connectivity index (χ4n) is 3.45. The smallest absolute Gasteiger partial charge is 0.324 e. The fourth-order valence-corrected chi connectivity index (χ4v) is 3.73. The second kappa shape index (κ2) is 7.56. The van der Waals surface area contributed by atoms with Gasteiger partial charge in [0.1, 0.15) is 6.54 Å². The zero-order chi connectivity index (χ0) is 20.5. The molecule has 1 aliphatic rings. The van der Waals surface area contributed by atoms with Gasteiger partial charge in [-0.05, 0) is 36.8 Å². The molecule has 29 heavy (non-hydrogen) atoms. The van der Waals surface area contributed by atoms with Crippen molar-refractivity contribution >= 4 is 45.7 Å². The van der Waals surface area contributed by atoms with Crippen LogP contribution in [0.4, 0.5) is 11.4 Å². The van der Waals surface area contributed by atoms with E-state index >= 15 is 0 Å². The van der Waals surface area contributed by atoms with Gasteiger partial charge in [0.2, 0.25) is 11.8 Å². The number of halogens is 1. The molecule has 1 saturated heterocycles. The number of nitrogens with one attached hydrogen (secondary N) is 2. The molecule has 2 aromatic carbocycles. The summed E-state index contributed by atoms with van der Waals surface area (Å²) in [6, 6.07) is 11.5. The molecule has 9 heteroatoms. The number of H-pyrrole nitrogens is 1. The van der Waals surface area contributed by atoms with E-state index in [4.69, 9.17) is 11.6 Å². The molecular weight excluding hydrogens is 396 g/mol. The summed E-state index contributed by atoms with van der Waals surface area (Å²) in [4.78, 5) is 52.3. The Kier molecular flexibility index (Phi) is 4.94. The molecule has 0 bridgehead atoms. The Hall–Kier alpha value is -3.39. The van der Waals surface area contributed by atoms with Crippen LogP contribution in [0.15, 0.2) is 52.1 Å². The quantitative estimate of drug-likeness (QED) is 0.684. The Morgan fingerprint density at radius 1 is 1.14 bits per heavy atom. The maximum Gasteiger partial charge on any atom is 0.329 e. The van der Waals surface area contributed by atoms with E-state index in [1.54, 1.807) is 47.4 Å². The Bertz CT molecular complexity index is 1250. The van der Waals surface area contributed by atoms with E-state index in [2.05, 4.69) is 10.3 Å². The number of nitrogens with zero attached hydrogens (tertiary/aromatic N) is 2. The third-order valence-electron chi connectivity index (χ3n) is 4.80. The monoisotopic (exact) mass is 412 g/mol. The predicted octanol–water partition coefficient (Wildman–Crippen LogP) is 2.11. The van der Waals surface area contributed by atoms with Gasteiger partial charge in [-0.3, -0.25) is 23.9 Å². The molecule has 1 aromatic heterocycles. The molecule has 0 atom stereocenters. The summed E-state index contributed by atoms with van der Waals surface area (Å²) >= 11 is 6.30. The molecule has 1 fully saturated rings. The number of aromatic amines is 1. The van der Waals surface area contributed by atoms with Crippen molar-refractivity contribution in [3.63, 3.8) is 0 Å². The van der Waals surface area contributed by atoms with Crippen LogP contribution in [0.3, 0.4) is 0 Å². The molecule has 3 aromatic rings. The predicted molar refractivity (Wildman–Crippen MR) is 110 cm³/mol. The molecule has 0 aliphatic carbocycles. The first kappa shape index (κ1) is 18.9. The molecule has 1 aliphatic heterocycles. The van der Waals surface area contributed by atoms with Crippen LogP contribution >= 0.6 is 11.6 Å². The van der Waals surface area contributed by atoms with Gasteiger partial charge < -0.3 is 10.2 Å². The zero-order valence-electron chi connectivity index (χ0n) is 15.3. The fraction of sp³-hybridized carbons (Fsp3) is 0.200. The maximum atomic E-state index is 12.5. The topological polar surface area (TPSA) is 104 Å². The van der Waals surface area contributed by atoms with Gasteiger partial charge in [0.15, 0.2) is 0 Å². The van der Waals surface area contributed by atoms with E-state index < -0.39 is 17.2 Å². The molecule has 0 unspecified atom stereocenters. The van der Waals surface area contributed by atoms with Crippen molar-refractivity contribution in [1.82, 2.24) is 9.55 Å². The van der Waals surface area contributed by atoms with Gasteiger partial charge in [0, 0.05) is 18.7 Å². The van der Waals surface area contributed by atoms with Crippen molar-refractivity contribution in [1.29, 1.82) is 0 Å². The number of hydrogen-bond donors (Lipinski definition) is 2. The number of rotatable bonds is 4. The first-order valence-electron chi connectivity index (χ1n) is 9.05. The van der Waals surface area contributed by atoms with Crippen molar-refractivity contribution < 1.29 is 9.59 Å². The molecule has 2 amide bonds. The minimum Gasteiger partial charge on any atom is -0.324 e. The summed E-state index contributed by atoms with van der Waals surface area (Å²) in [6.45, 7) is 0.340. The Labute approximate surface area is 169 Å². The van der Waals surface area contributed by atoms with Crippen molar-refractivity contribution in [2.45, 2.75) is 19.4 Å². The first-order valence-corrected chi connectivity index (χ1v) is 9.43. The summed E-state index contributed by atoms with van der Waals surface area (Å²) in [5.74, 6) is -0.432. The summed E-state index contributed by atoms with van der Waals surface area (Å²) in [5.41, 5.74) is 0.260. The van der Waals surface area contributed by atoms with E-state index in [-0.39, 0.29) is 12.5 Å². The normalized spacial score (nSPS) is 13.8. The van der Waals surface area contributed by atoms with Gasteiger partial charge in [0.05, 0.1) is 21.6 Å². The van der Waals surface area contributed by atoms with Crippen LogP contribution in [0.5, 0.6) is 0 Å². The van der Waals surface area contributed by atoms with Gasteiger partial charge in [-0.2, -0.15) is 0 Å². The molecule has 148 valence electrons. The number of aromatic nitrogens is 2. The Morgan fingerprint density at radius 2 is 1.93 bits per heavy atom. The van der Waals surface area contributed by atoms with Gasteiger partial charge >= 0.3 is 5.69 Å². The van der Waals surface area contributed by atoms with Gasteiger partial charge in [-0.25, -0.2) is 4.79 Å². The van der Waals surface area contributed by atoms with Gasteiger partial charge in [-0.15, -0.1) is 0 Å². The number of benzene rings is 2. The van der Waals surface area contributed by atoms with E-state index in [0.717, 1.165) is 6.42 Å². The van der Waals surface area contributed by atoms with Crippen molar-refractivity contribution in [3.8, 4) is 0 Å². The maximum absolute atomic E-state index is 12.5. The highest BCUT2D eigenvalue weighted by atomic mass is 35.5. The zero-order valence-corrected chi connectivity index (χ0v) is 16.0. The third-order valence-corrected chi connectivity index (χ3v) is 5.11. The average molecular weight is 413 g/mol. The van der Waals surface area contributed by atoms with Gasteiger partial charge in [0.25, 0.3) is 5.56 Å². The van der Waals surface area contributed by atoms with Crippen LogP contribution in [0, 0.1) is 0 Å².